The Morgan fingerprint density at radius 2 is 1.83 bits per heavy atom. The van der Waals surface area contributed by atoms with E-state index in [1.165, 1.54) is 0 Å². The number of thioether (sulfide) groups is 1. The molecule has 3 aromatic rings. The maximum absolute atomic E-state index is 14.2. The van der Waals surface area contributed by atoms with Crippen LogP contribution in [0.15, 0.2) is 9.95 Å². The Balaban J connectivity index is 0.00000320. The normalized spacial score (nSPS) is 28.1. The van der Waals surface area contributed by atoms with E-state index in [0.717, 1.165) is 4.57 Å². The van der Waals surface area contributed by atoms with E-state index in [1.54, 1.807) is 0 Å². The molecule has 19 heteroatoms. The topological polar surface area (TPSA) is 178 Å². The number of rotatable bonds is 4. The number of halogens is 5. The molecule has 0 amide bonds. The first-order valence-electron chi connectivity index (χ1n) is 9.78. The summed E-state index contributed by atoms with van der Waals surface area (Å²) in [7, 11) is -4.75. The number of nitrogens with one attached hydrogen (secondary N) is 1. The van der Waals surface area contributed by atoms with Crippen LogP contribution < -0.4 is 16.2 Å². The molecule has 0 saturated carbocycles. The van der Waals surface area contributed by atoms with Crippen molar-refractivity contribution in [2.24, 2.45) is 0 Å². The first kappa shape index (κ1) is 25.1. The molecule has 2 aliphatic rings. The number of nitrogens with two attached hydrogens (primary N) is 1. The zero-order valence-electron chi connectivity index (χ0n) is 18.3. The second kappa shape index (κ2) is 8.76. The molecule has 5 atom stereocenters. The number of nitrogen functional groups attached to an aromatic ring is 1. The summed E-state index contributed by atoms with van der Waals surface area (Å²) in [5, 5.41) is 10.4. The summed E-state index contributed by atoms with van der Waals surface area (Å²) >= 11 is 0.417. The summed E-state index contributed by atoms with van der Waals surface area (Å²) in [6, 6.07) is 0. The number of ether oxygens (including phenoxy) is 1. The number of H-pyrrole nitrogens is 1. The van der Waals surface area contributed by atoms with Crippen LogP contribution in [0, 0.1) is 29.1 Å². The molecule has 36 heavy (non-hydrogen) atoms. The molecule has 0 aliphatic carbocycles. The molecular weight excluding hydrogens is 544 g/mol. The molecule has 0 radical (unpaired) electrons. The van der Waals surface area contributed by atoms with Gasteiger partial charge < -0.3 is 29.5 Å². The fraction of sp³-hybridized carbons (Fsp3) is 0.353. The lowest BCUT2D eigenvalue weighted by Crippen LogP contribution is -2.41. The van der Waals surface area contributed by atoms with Gasteiger partial charge in [0.2, 0.25) is 11.8 Å². The molecule has 0 bridgehead atoms. The van der Waals surface area contributed by atoms with Crippen LogP contribution in [0.1, 0.15) is 13.2 Å². The van der Waals surface area contributed by atoms with Gasteiger partial charge in [-0.3, -0.25) is 18.9 Å². The van der Waals surface area contributed by atoms with Gasteiger partial charge in [0.05, 0.1) is 6.61 Å². The number of hydrogen-bond acceptors (Lipinski definition) is 11. The number of fused-ring (bicyclic) bond motifs is 2. The first-order chi connectivity index (χ1) is 16.9. The highest BCUT2D eigenvalue weighted by Crippen LogP contribution is 2.50. The van der Waals surface area contributed by atoms with E-state index in [-0.39, 0.29) is 17.7 Å². The van der Waals surface area contributed by atoms with Crippen molar-refractivity contribution < 1.29 is 51.7 Å². The second-order valence-electron chi connectivity index (χ2n) is 7.59. The van der Waals surface area contributed by atoms with Gasteiger partial charge in [-0.2, -0.15) is 4.98 Å². The Hall–Kier alpha value is -2.60. The number of hydrogen-bond donors (Lipinski definition) is 3. The van der Waals surface area contributed by atoms with Gasteiger partial charge in [0.1, 0.15) is 18.3 Å². The van der Waals surface area contributed by atoms with Crippen LogP contribution in [0.3, 0.4) is 0 Å². The largest absolute Gasteiger partial charge is 1.00 e. The van der Waals surface area contributed by atoms with E-state index in [4.69, 9.17) is 15.0 Å². The van der Waals surface area contributed by atoms with E-state index < -0.39 is 90.9 Å². The minimum absolute atomic E-state index is 0. The fourth-order valence-electron chi connectivity index (χ4n) is 3.77. The lowest BCUT2D eigenvalue weighted by molar-refractivity contribution is -0.245. The average Bonchev–Trinajstić information content (AvgIpc) is 3.33. The summed E-state index contributed by atoms with van der Waals surface area (Å²) in [5.41, 5.74) is 2.88. The number of imidazole rings is 1. The lowest BCUT2D eigenvalue weighted by atomic mass is 10.1. The third-order valence-corrected chi connectivity index (χ3v) is 7.34. The van der Waals surface area contributed by atoms with Crippen LogP contribution >= 0.6 is 19.6 Å². The molecule has 1 aromatic carbocycles. The Kier molecular flexibility index (Phi) is 6.10. The highest BCUT2D eigenvalue weighted by molar-refractivity contribution is 7.98. The molecule has 194 valence electrons. The monoisotopic (exact) mass is 557 g/mol. The molecule has 0 spiro atoms. The third-order valence-electron chi connectivity index (χ3n) is 5.39. The number of aromatic nitrogens is 4. The average molecular weight is 557 g/mol. The van der Waals surface area contributed by atoms with Crippen molar-refractivity contribution in [3.8, 4) is 0 Å². The maximum atomic E-state index is 14.2. The molecule has 2 aliphatic heterocycles. The number of phosphoric acid groups is 1. The van der Waals surface area contributed by atoms with E-state index in [0.29, 0.717) is 11.8 Å². The number of aromatic amines is 1. The van der Waals surface area contributed by atoms with Crippen molar-refractivity contribution in [2.75, 3.05) is 12.3 Å². The zero-order chi connectivity index (χ0) is 26.1. The van der Waals surface area contributed by atoms with Gasteiger partial charge in [0.15, 0.2) is 45.8 Å². The quantitative estimate of drug-likeness (QED) is 0.137. The molecule has 4 heterocycles. The minimum Gasteiger partial charge on any atom is -0.756 e. The molecule has 2 fully saturated rings. The minimum atomic E-state index is -4.75. The van der Waals surface area contributed by atoms with Gasteiger partial charge in [-0.15, -0.1) is 0 Å². The summed E-state index contributed by atoms with van der Waals surface area (Å²) in [4.78, 5) is 34.1. The molecule has 5 rings (SSSR count). The Labute approximate surface area is 201 Å². The van der Waals surface area contributed by atoms with Crippen molar-refractivity contribution in [3.63, 3.8) is 0 Å². The number of anilines is 1. The maximum Gasteiger partial charge on any atom is 1.00 e. The molecule has 4 N–H and O–H groups in total. The molecule has 2 saturated heterocycles. The van der Waals surface area contributed by atoms with E-state index in [1.807, 2.05) is 0 Å². The first-order valence-corrected chi connectivity index (χ1v) is 12.2. The lowest BCUT2D eigenvalue weighted by Gasteiger charge is -2.34. The molecule has 12 nitrogen and oxygen atoms in total. The van der Waals surface area contributed by atoms with E-state index >= 15 is 0 Å². The number of phosphoric ester groups is 1. The van der Waals surface area contributed by atoms with Gasteiger partial charge in [-0.05, 0) is 0 Å². The van der Waals surface area contributed by atoms with E-state index in [9.17, 15) is 41.3 Å². The Morgan fingerprint density at radius 3 is 2.50 bits per heavy atom. The number of benzene rings is 1. The van der Waals surface area contributed by atoms with Crippen molar-refractivity contribution in [1.82, 2.24) is 19.5 Å². The summed E-state index contributed by atoms with van der Waals surface area (Å²) in [6.45, 7) is -0.519. The SMILES string of the molecule is Nc1nc2c(nc(SCc3c(F)c(F)c(F)c(F)c3F)n2[C@@H]2OC3COP(=O)([O-])O[C@H]3C2O)c(=O)[nH]1.[H+]. The van der Waals surface area contributed by atoms with Gasteiger partial charge in [-0.25, -0.2) is 26.9 Å². The third kappa shape index (κ3) is 3.98. The standard InChI is InChI=1S/C17H13F5N5O7PS/c18-5-3(6(19)8(21)9(22)7(5)20)2-36-17-24-10-13(25-16(23)26-14(10)29)27(17)15-11(28)12-4(33-15)1-32-35(30,31)34-12/h4,11-12,15,28H,1-2H2,(H,30,31)(H3,23,25,26,29)/t4?,11?,12-,15-/m1/s1. The highest BCUT2D eigenvalue weighted by atomic mass is 32.2. The van der Waals surface area contributed by atoms with Crippen molar-refractivity contribution in [1.29, 1.82) is 0 Å². The van der Waals surface area contributed by atoms with Gasteiger partial charge >= 0.3 is 1.43 Å². The number of nitrogens with zero attached hydrogens (tertiary/aromatic N) is 3. The number of aliphatic hydroxyl groups excluding tert-OH is 1. The second-order valence-corrected chi connectivity index (χ2v) is 9.90. The molecular formula is C17H13F5N5O7PS. The highest BCUT2D eigenvalue weighted by Gasteiger charge is 2.51. The summed E-state index contributed by atoms with van der Waals surface area (Å²) in [6.07, 6.45) is -5.78. The van der Waals surface area contributed by atoms with Gasteiger partial charge in [0.25, 0.3) is 13.4 Å². The number of aliphatic hydroxyl groups is 1. The van der Waals surface area contributed by atoms with Crippen molar-refractivity contribution >= 4 is 36.7 Å². The van der Waals surface area contributed by atoms with E-state index in [2.05, 4.69) is 19.5 Å². The Bertz CT molecular complexity index is 1480. The van der Waals surface area contributed by atoms with Crippen molar-refractivity contribution in [3.05, 3.63) is 45.0 Å². The van der Waals surface area contributed by atoms with Crippen LogP contribution in [-0.2, 0) is 24.1 Å². The van der Waals surface area contributed by atoms with Crippen LogP contribution in [-0.4, -0.2) is 49.5 Å². The fourth-order valence-corrected chi connectivity index (χ4v) is 5.73. The molecule has 2 aromatic heterocycles. The zero-order valence-corrected chi connectivity index (χ0v) is 19.0. The predicted octanol–water partition coefficient (Wildman–Crippen LogP) is 0.944. The molecule has 3 unspecified atom stereocenters. The van der Waals surface area contributed by atoms with Gasteiger partial charge in [0, 0.05) is 11.3 Å². The summed E-state index contributed by atoms with van der Waals surface area (Å²) in [5.74, 6) is -12.0. The van der Waals surface area contributed by atoms with Crippen LogP contribution in [0.4, 0.5) is 27.9 Å². The van der Waals surface area contributed by atoms with Gasteiger partial charge in [-0.1, -0.05) is 11.8 Å². The van der Waals surface area contributed by atoms with Crippen LogP contribution in [0.2, 0.25) is 0 Å². The smallest absolute Gasteiger partial charge is 0.756 e. The Morgan fingerprint density at radius 1 is 1.19 bits per heavy atom. The predicted molar refractivity (Wildman–Crippen MR) is 108 cm³/mol. The van der Waals surface area contributed by atoms with Crippen LogP contribution in [0.5, 0.6) is 0 Å². The van der Waals surface area contributed by atoms with Crippen LogP contribution in [0.25, 0.3) is 11.2 Å². The summed E-state index contributed by atoms with van der Waals surface area (Å²) < 4.78 is 96.5. The van der Waals surface area contributed by atoms with Crippen molar-refractivity contribution in [2.45, 2.75) is 35.4 Å².